The van der Waals surface area contributed by atoms with Crippen LogP contribution in [0, 0.1) is 0 Å². The Morgan fingerprint density at radius 3 is 2.71 bits per heavy atom. The van der Waals surface area contributed by atoms with Crippen LogP contribution in [0.1, 0.15) is 11.1 Å². The maximum absolute atomic E-state index is 10.9. The van der Waals surface area contributed by atoms with E-state index in [4.69, 9.17) is 5.11 Å². The van der Waals surface area contributed by atoms with E-state index in [-0.39, 0.29) is 22.7 Å². The topological polar surface area (TPSA) is 69.6 Å². The van der Waals surface area contributed by atoms with Crippen LogP contribution in [0.15, 0.2) is 15.0 Å². The van der Waals surface area contributed by atoms with Gasteiger partial charge in [-0.05, 0) is 55.5 Å². The van der Waals surface area contributed by atoms with Gasteiger partial charge in [-0.3, -0.25) is 10.1 Å². The maximum Gasteiger partial charge on any atom is 0.321 e. The third kappa shape index (κ3) is 2.83. The van der Waals surface area contributed by atoms with E-state index in [2.05, 4.69) is 37.2 Å². The summed E-state index contributed by atoms with van der Waals surface area (Å²) in [4.78, 5) is 10.9. The van der Waals surface area contributed by atoms with Crippen LogP contribution < -0.4 is 5.32 Å². The molecule has 1 aromatic carbocycles. The van der Waals surface area contributed by atoms with Gasteiger partial charge in [0.15, 0.2) is 0 Å². The Morgan fingerprint density at radius 1 is 1.47 bits per heavy atom. The number of carbonyl (C=O) groups is 1. The molecule has 17 heavy (non-hydrogen) atoms. The molecule has 1 atom stereocenters. The van der Waals surface area contributed by atoms with Crippen molar-refractivity contribution in [2.45, 2.75) is 19.0 Å². The summed E-state index contributed by atoms with van der Waals surface area (Å²) in [5, 5.41) is 21.5. The van der Waals surface area contributed by atoms with E-state index in [0.717, 1.165) is 11.1 Å². The number of aliphatic carboxylic acids is 1. The van der Waals surface area contributed by atoms with E-state index < -0.39 is 12.0 Å². The van der Waals surface area contributed by atoms with Crippen LogP contribution in [-0.4, -0.2) is 22.2 Å². The molecule has 0 amide bonds. The van der Waals surface area contributed by atoms with E-state index in [1.165, 1.54) is 0 Å². The molecule has 0 saturated heterocycles. The fraction of sp³-hybridized carbons (Fsp3) is 0.300. The van der Waals surface area contributed by atoms with Gasteiger partial charge < -0.3 is 10.2 Å². The highest BCUT2D eigenvalue weighted by Gasteiger charge is 2.26. The maximum atomic E-state index is 10.9. The molecule has 0 bridgehead atoms. The summed E-state index contributed by atoms with van der Waals surface area (Å²) in [6, 6.07) is 1.21. The number of fused-ring (bicyclic) bond motifs is 1. The molecule has 1 heterocycles. The molecule has 0 unspecified atom stereocenters. The number of halogens is 3. The highest BCUT2D eigenvalue weighted by atomic mass is 79.9. The number of hydrogen-bond acceptors (Lipinski definition) is 3. The summed E-state index contributed by atoms with van der Waals surface area (Å²) in [6.45, 7) is 0.438. The SMILES string of the molecule is Br.O=C(O)[C@H]1Cc2cc(Br)c(O)c(Br)c2CN1. The lowest BCUT2D eigenvalue weighted by Gasteiger charge is -2.24. The lowest BCUT2D eigenvalue weighted by atomic mass is 9.95. The number of hydrogen-bond donors (Lipinski definition) is 3. The van der Waals surface area contributed by atoms with Gasteiger partial charge in [-0.15, -0.1) is 17.0 Å². The fourth-order valence-corrected chi connectivity index (χ4v) is 3.11. The third-order valence-corrected chi connectivity index (χ3v) is 4.09. The second kappa shape index (κ2) is 5.69. The normalized spacial score (nSPS) is 18.1. The van der Waals surface area contributed by atoms with Gasteiger partial charge in [-0.25, -0.2) is 0 Å². The molecule has 0 saturated carbocycles. The van der Waals surface area contributed by atoms with Crippen LogP contribution in [-0.2, 0) is 17.8 Å². The van der Waals surface area contributed by atoms with Crippen LogP contribution in [0.25, 0.3) is 0 Å². The van der Waals surface area contributed by atoms with Crippen molar-refractivity contribution in [1.29, 1.82) is 0 Å². The van der Waals surface area contributed by atoms with Crippen LogP contribution in [0.5, 0.6) is 5.75 Å². The van der Waals surface area contributed by atoms with Gasteiger partial charge in [0.05, 0.1) is 8.95 Å². The largest absolute Gasteiger partial charge is 0.506 e. The molecule has 0 fully saturated rings. The Labute approximate surface area is 125 Å². The molecule has 3 N–H and O–H groups in total. The molecule has 1 aliphatic rings. The van der Waals surface area contributed by atoms with Crippen LogP contribution in [0.4, 0.5) is 0 Å². The minimum atomic E-state index is -0.856. The van der Waals surface area contributed by atoms with Crippen molar-refractivity contribution in [3.63, 3.8) is 0 Å². The van der Waals surface area contributed by atoms with Crippen LogP contribution in [0.2, 0.25) is 0 Å². The summed E-state index contributed by atoms with van der Waals surface area (Å²) in [5.74, 6) is -0.708. The summed E-state index contributed by atoms with van der Waals surface area (Å²) in [5.41, 5.74) is 1.85. The van der Waals surface area contributed by atoms with Gasteiger partial charge in [0, 0.05) is 6.54 Å². The third-order valence-electron chi connectivity index (χ3n) is 2.64. The Kier molecular flexibility index (Phi) is 5.00. The smallest absolute Gasteiger partial charge is 0.321 e. The summed E-state index contributed by atoms with van der Waals surface area (Å²) in [6.07, 6.45) is 0.419. The van der Waals surface area contributed by atoms with Gasteiger partial charge in [0.2, 0.25) is 0 Å². The van der Waals surface area contributed by atoms with Gasteiger partial charge in [0.25, 0.3) is 0 Å². The second-order valence-electron chi connectivity index (χ2n) is 3.63. The van der Waals surface area contributed by atoms with E-state index in [1.54, 1.807) is 6.07 Å². The van der Waals surface area contributed by atoms with Crippen LogP contribution in [0.3, 0.4) is 0 Å². The molecule has 94 valence electrons. The number of phenolic OH excluding ortho intramolecular Hbond substituents is 1. The monoisotopic (exact) mass is 429 g/mol. The molecule has 0 aliphatic carbocycles. The van der Waals surface area contributed by atoms with Crippen molar-refractivity contribution in [2.24, 2.45) is 0 Å². The summed E-state index contributed by atoms with van der Waals surface area (Å²) in [7, 11) is 0. The van der Waals surface area contributed by atoms with Crippen molar-refractivity contribution in [1.82, 2.24) is 5.32 Å². The van der Waals surface area contributed by atoms with Gasteiger partial charge in [-0.2, -0.15) is 0 Å². The summed E-state index contributed by atoms with van der Waals surface area (Å²) < 4.78 is 1.19. The molecule has 1 aliphatic heterocycles. The van der Waals surface area contributed by atoms with Gasteiger partial charge in [0.1, 0.15) is 11.8 Å². The number of rotatable bonds is 1. The number of benzene rings is 1. The average molecular weight is 432 g/mol. The first kappa shape index (κ1) is 14.9. The molecule has 2 rings (SSSR count). The van der Waals surface area contributed by atoms with Crippen molar-refractivity contribution >= 4 is 54.8 Å². The number of phenols is 1. The summed E-state index contributed by atoms with van der Waals surface area (Å²) >= 11 is 6.54. The predicted octanol–water partition coefficient (Wildman–Crippen LogP) is 2.59. The quantitative estimate of drug-likeness (QED) is 0.639. The van der Waals surface area contributed by atoms with E-state index in [9.17, 15) is 9.90 Å². The molecule has 1 aromatic rings. The first-order valence-corrected chi connectivity index (χ1v) is 6.24. The lowest BCUT2D eigenvalue weighted by Crippen LogP contribution is -2.41. The van der Waals surface area contributed by atoms with E-state index >= 15 is 0 Å². The first-order chi connectivity index (χ1) is 7.50. The predicted molar refractivity (Wildman–Crippen MR) is 75.8 cm³/mol. The Balaban J connectivity index is 0.00000144. The molecule has 4 nitrogen and oxygen atoms in total. The Bertz CT molecular complexity index is 465. The molecular weight excluding hydrogens is 422 g/mol. The number of nitrogens with one attached hydrogen (secondary N) is 1. The van der Waals surface area contributed by atoms with Crippen molar-refractivity contribution in [3.8, 4) is 5.75 Å². The number of carboxylic acids is 1. The minimum Gasteiger partial charge on any atom is -0.506 e. The van der Waals surface area contributed by atoms with Crippen molar-refractivity contribution < 1.29 is 15.0 Å². The van der Waals surface area contributed by atoms with Crippen molar-refractivity contribution in [2.75, 3.05) is 0 Å². The second-order valence-corrected chi connectivity index (χ2v) is 5.28. The lowest BCUT2D eigenvalue weighted by molar-refractivity contribution is -0.139. The Hall–Kier alpha value is -0.110. The van der Waals surface area contributed by atoms with Crippen molar-refractivity contribution in [3.05, 3.63) is 26.1 Å². The Morgan fingerprint density at radius 2 is 2.12 bits per heavy atom. The fourth-order valence-electron chi connectivity index (χ4n) is 1.76. The average Bonchev–Trinajstić information content (AvgIpc) is 2.25. The number of carboxylic acid groups (broad SMARTS) is 1. The highest BCUT2D eigenvalue weighted by molar-refractivity contribution is 9.11. The number of aromatic hydroxyl groups is 1. The zero-order valence-corrected chi connectivity index (χ0v) is 13.4. The van der Waals surface area contributed by atoms with Gasteiger partial charge >= 0.3 is 5.97 Å². The zero-order valence-electron chi connectivity index (χ0n) is 8.54. The highest BCUT2D eigenvalue weighted by Crippen LogP contribution is 2.38. The van der Waals surface area contributed by atoms with E-state index in [0.29, 0.717) is 21.9 Å². The standard InChI is InChI=1S/C10H9Br2NO3.BrH/c11-6-1-4-2-7(10(15)16)13-3-5(4)8(12)9(6)14;/h1,7,13-14H,2-3H2,(H,15,16);1H/t7-;/m1./s1. The zero-order chi connectivity index (χ0) is 11.9. The van der Waals surface area contributed by atoms with Crippen LogP contribution >= 0.6 is 48.8 Å². The first-order valence-electron chi connectivity index (χ1n) is 4.65. The molecule has 0 spiro atoms. The molecular formula is C10H10Br3NO3. The molecule has 0 aromatic heterocycles. The van der Waals surface area contributed by atoms with E-state index in [1.807, 2.05) is 0 Å². The minimum absolute atomic E-state index is 0. The molecule has 0 radical (unpaired) electrons. The van der Waals surface area contributed by atoms with Gasteiger partial charge in [-0.1, -0.05) is 0 Å². The molecule has 7 heteroatoms.